The first-order valence-electron chi connectivity index (χ1n) is 15.3. The Bertz CT molecular complexity index is 738. The van der Waals surface area contributed by atoms with Crippen molar-refractivity contribution in [3.05, 3.63) is 5.21 Å². The van der Waals surface area contributed by atoms with E-state index in [1.165, 1.54) is 44.9 Å². The number of esters is 2. The molecule has 0 unspecified atom stereocenters. The van der Waals surface area contributed by atoms with E-state index in [4.69, 9.17) is 19.0 Å². The molecule has 0 aromatic rings. The molecule has 0 aromatic heterocycles. The van der Waals surface area contributed by atoms with Gasteiger partial charge in [0.25, 0.3) is 0 Å². The zero-order valence-corrected chi connectivity index (χ0v) is 24.6. The van der Waals surface area contributed by atoms with Crippen molar-refractivity contribution in [2.24, 2.45) is 23.7 Å². The van der Waals surface area contributed by atoms with Crippen LogP contribution in [0.1, 0.15) is 125 Å². The van der Waals surface area contributed by atoms with E-state index >= 15 is 0 Å². The fourth-order valence-electron chi connectivity index (χ4n) is 5.70. The molecule has 8 nitrogen and oxygen atoms in total. The van der Waals surface area contributed by atoms with Gasteiger partial charge >= 0.3 is 17.7 Å². The standard InChI is InChI=1S/C30H53NO7/c1-6-8-9-10-11-12-13-14-15-16-19-36-31(34)28(29(33)35-7-2)25-21-27(32)38-30(25)37-26-20-23(5)17-18-24(26)22(3)4/h22-26,30H,6-21H2,1-5H3/b31-28-/t23-,24+,25+,26-,30-/m1/s1. The Morgan fingerprint density at radius 1 is 1.03 bits per heavy atom. The van der Waals surface area contributed by atoms with Crippen LogP contribution in [0.5, 0.6) is 0 Å². The summed E-state index contributed by atoms with van der Waals surface area (Å²) in [6.45, 7) is 10.8. The summed E-state index contributed by atoms with van der Waals surface area (Å²) < 4.78 is 17.0. The molecule has 38 heavy (non-hydrogen) atoms. The molecule has 1 aliphatic heterocycles. The largest absolute Gasteiger partial charge is 0.458 e. The molecule has 1 aliphatic carbocycles. The molecule has 0 aromatic carbocycles. The van der Waals surface area contributed by atoms with Crippen molar-refractivity contribution < 1.29 is 33.5 Å². The summed E-state index contributed by atoms with van der Waals surface area (Å²) in [5.41, 5.74) is -0.250. The Balaban J connectivity index is 1.96. The van der Waals surface area contributed by atoms with E-state index in [1.807, 2.05) is 0 Å². The lowest BCUT2D eigenvalue weighted by atomic mass is 9.75. The zero-order chi connectivity index (χ0) is 27.9. The summed E-state index contributed by atoms with van der Waals surface area (Å²) in [7, 11) is 0. The molecule has 2 aliphatic rings. The number of hydrogen-bond acceptors (Lipinski definition) is 7. The predicted molar refractivity (Wildman–Crippen MR) is 147 cm³/mol. The van der Waals surface area contributed by atoms with E-state index in [0.717, 1.165) is 38.5 Å². The van der Waals surface area contributed by atoms with Gasteiger partial charge in [-0.1, -0.05) is 91.9 Å². The van der Waals surface area contributed by atoms with Gasteiger partial charge in [0.15, 0.2) is 0 Å². The average molecular weight is 540 g/mol. The van der Waals surface area contributed by atoms with Crippen LogP contribution in [0.15, 0.2) is 0 Å². The van der Waals surface area contributed by atoms with E-state index in [1.54, 1.807) is 6.92 Å². The van der Waals surface area contributed by atoms with Crippen LogP contribution < -0.4 is 0 Å². The normalized spacial score (nSPS) is 26.3. The van der Waals surface area contributed by atoms with Gasteiger partial charge in [-0.3, -0.25) is 10.0 Å². The van der Waals surface area contributed by atoms with Gasteiger partial charge in [-0.05, 0) is 43.9 Å². The van der Waals surface area contributed by atoms with Crippen LogP contribution >= 0.6 is 0 Å². The van der Waals surface area contributed by atoms with Gasteiger partial charge in [-0.2, -0.15) is 0 Å². The quantitative estimate of drug-likeness (QED) is 0.0627. The highest BCUT2D eigenvalue weighted by Gasteiger charge is 2.50. The molecule has 0 radical (unpaired) electrons. The monoisotopic (exact) mass is 539 g/mol. The van der Waals surface area contributed by atoms with Gasteiger partial charge in [0, 0.05) is 4.90 Å². The van der Waals surface area contributed by atoms with Gasteiger partial charge in [-0.25, -0.2) is 4.79 Å². The van der Waals surface area contributed by atoms with Crippen LogP contribution in [0.4, 0.5) is 0 Å². The lowest BCUT2D eigenvalue weighted by Crippen LogP contribution is -2.43. The number of ether oxygens (including phenoxy) is 3. The molecule has 0 amide bonds. The van der Waals surface area contributed by atoms with Crippen molar-refractivity contribution in [1.29, 1.82) is 0 Å². The van der Waals surface area contributed by atoms with Crippen molar-refractivity contribution in [2.75, 3.05) is 13.2 Å². The molecule has 0 bridgehead atoms. The molecule has 2 rings (SSSR count). The average Bonchev–Trinajstić information content (AvgIpc) is 3.21. The molecular formula is C30H53NO7. The SMILES string of the molecule is CCCCCCCCCCCCO/[N+]([O-])=C(\C(=O)OCC)[C@@H]1CC(=O)O[C@H]1O[C@@H]1C[C@H](C)CC[C@H]1C(C)C. The van der Waals surface area contributed by atoms with Crippen molar-refractivity contribution in [1.82, 2.24) is 0 Å². The molecule has 0 N–H and O–H groups in total. The van der Waals surface area contributed by atoms with E-state index in [-0.39, 0.29) is 36.4 Å². The van der Waals surface area contributed by atoms with Crippen molar-refractivity contribution in [3.8, 4) is 0 Å². The fraction of sp³-hybridized carbons (Fsp3) is 0.900. The summed E-state index contributed by atoms with van der Waals surface area (Å²) in [5.74, 6) is -0.906. The fourth-order valence-corrected chi connectivity index (χ4v) is 5.70. The molecule has 8 heteroatoms. The van der Waals surface area contributed by atoms with E-state index in [9.17, 15) is 14.8 Å². The summed E-state index contributed by atoms with van der Waals surface area (Å²) >= 11 is 0. The minimum Gasteiger partial charge on any atom is -0.458 e. The molecule has 5 atom stereocenters. The topological polar surface area (TPSA) is 97.1 Å². The van der Waals surface area contributed by atoms with Crippen molar-refractivity contribution >= 4 is 17.7 Å². The van der Waals surface area contributed by atoms with Gasteiger partial charge in [-0.15, -0.1) is 0 Å². The van der Waals surface area contributed by atoms with Gasteiger partial charge in [0.05, 0.1) is 25.7 Å². The van der Waals surface area contributed by atoms with Crippen molar-refractivity contribution in [3.63, 3.8) is 0 Å². The summed E-state index contributed by atoms with van der Waals surface area (Å²) in [5, 5.41) is 13.0. The Labute approximate surface area is 230 Å². The van der Waals surface area contributed by atoms with E-state index < -0.39 is 24.1 Å². The third-order valence-corrected chi connectivity index (χ3v) is 7.97. The number of carbonyl (C=O) groups is 2. The minimum atomic E-state index is -1.00. The number of carbonyl (C=O) groups excluding carboxylic acids is 2. The second-order valence-corrected chi connectivity index (χ2v) is 11.5. The molecule has 220 valence electrons. The first kappa shape index (κ1) is 32.4. The van der Waals surface area contributed by atoms with Gasteiger partial charge < -0.3 is 19.0 Å². The second kappa shape index (κ2) is 17.7. The Kier molecular flexibility index (Phi) is 15.1. The van der Waals surface area contributed by atoms with Crippen LogP contribution in [-0.4, -0.2) is 48.2 Å². The molecule has 0 spiro atoms. The van der Waals surface area contributed by atoms with Gasteiger partial charge in [0.1, 0.15) is 5.92 Å². The van der Waals surface area contributed by atoms with E-state index in [0.29, 0.717) is 17.8 Å². The molecule has 1 saturated carbocycles. The number of unbranched alkanes of at least 4 members (excludes halogenated alkanes) is 9. The van der Waals surface area contributed by atoms with Crippen LogP contribution in [0, 0.1) is 28.9 Å². The maximum atomic E-state index is 13.0. The molecule has 2 fully saturated rings. The number of nitrogens with zero attached hydrogens (tertiary/aromatic N) is 1. The second-order valence-electron chi connectivity index (χ2n) is 11.5. The Morgan fingerprint density at radius 2 is 1.66 bits per heavy atom. The maximum absolute atomic E-state index is 13.0. The predicted octanol–water partition coefficient (Wildman–Crippen LogP) is 6.72. The lowest BCUT2D eigenvalue weighted by Gasteiger charge is -2.38. The summed E-state index contributed by atoms with van der Waals surface area (Å²) in [6.07, 6.45) is 13.5. The maximum Gasteiger partial charge on any atom is 0.405 e. The first-order chi connectivity index (χ1) is 18.3. The molecule has 1 heterocycles. The van der Waals surface area contributed by atoms with Gasteiger partial charge in [0.2, 0.25) is 6.29 Å². The lowest BCUT2D eigenvalue weighted by molar-refractivity contribution is -0.742. The third-order valence-electron chi connectivity index (χ3n) is 7.97. The molecular weight excluding hydrogens is 486 g/mol. The summed E-state index contributed by atoms with van der Waals surface area (Å²) in [4.78, 5) is 30.8. The van der Waals surface area contributed by atoms with Crippen LogP contribution in [0.3, 0.4) is 0 Å². The third kappa shape index (κ3) is 10.7. The van der Waals surface area contributed by atoms with Crippen LogP contribution in [0.25, 0.3) is 0 Å². The highest BCUT2D eigenvalue weighted by atomic mass is 16.9. The number of rotatable bonds is 18. The number of cyclic esters (lactones) is 1. The Morgan fingerprint density at radius 3 is 2.26 bits per heavy atom. The van der Waals surface area contributed by atoms with E-state index in [2.05, 4.69) is 27.7 Å². The first-order valence-corrected chi connectivity index (χ1v) is 15.3. The highest BCUT2D eigenvalue weighted by Crippen LogP contribution is 2.38. The van der Waals surface area contributed by atoms with Crippen molar-refractivity contribution in [2.45, 2.75) is 137 Å². The Hall–Kier alpha value is -1.83. The number of hydrogen-bond donors (Lipinski definition) is 0. The van der Waals surface area contributed by atoms with Crippen LogP contribution in [-0.2, 0) is 28.6 Å². The zero-order valence-electron chi connectivity index (χ0n) is 24.6. The van der Waals surface area contributed by atoms with Crippen LogP contribution in [0.2, 0.25) is 0 Å². The highest BCUT2D eigenvalue weighted by molar-refractivity contribution is 6.35. The minimum absolute atomic E-state index is 0.103. The smallest absolute Gasteiger partial charge is 0.405 e. The molecule has 1 saturated heterocycles. The summed E-state index contributed by atoms with van der Waals surface area (Å²) in [6, 6.07) is 0.